The fraction of sp³-hybridized carbons (Fsp3) is 0.478. The minimum atomic E-state index is 0.00185. The van der Waals surface area contributed by atoms with Crippen molar-refractivity contribution in [3.8, 4) is 5.75 Å². The second-order valence-electron chi connectivity index (χ2n) is 7.87. The second kappa shape index (κ2) is 8.47. The molecule has 2 aromatic rings. The van der Waals surface area contributed by atoms with Gasteiger partial charge in [0.25, 0.3) is 0 Å². The lowest BCUT2D eigenvalue weighted by molar-refractivity contribution is 0.122. The zero-order chi connectivity index (χ0) is 20.5. The molecule has 0 bridgehead atoms. The average molecular weight is 425 g/mol. The van der Waals surface area contributed by atoms with Crippen LogP contribution in [0.25, 0.3) is 0 Å². The number of ether oxygens (including phenoxy) is 2. The number of rotatable bonds is 5. The van der Waals surface area contributed by atoms with Gasteiger partial charge in [0.05, 0.1) is 37.7 Å². The van der Waals surface area contributed by atoms with Crippen molar-refractivity contribution >= 4 is 22.6 Å². The monoisotopic (exact) mass is 424 g/mol. The van der Waals surface area contributed by atoms with Crippen molar-refractivity contribution in [2.45, 2.75) is 31.5 Å². The van der Waals surface area contributed by atoms with Crippen LogP contribution < -0.4 is 9.64 Å². The van der Waals surface area contributed by atoms with Crippen LogP contribution in [0.5, 0.6) is 5.75 Å². The van der Waals surface area contributed by atoms with Gasteiger partial charge in [-0.25, -0.2) is 0 Å². The summed E-state index contributed by atoms with van der Waals surface area (Å²) < 4.78 is 11.4. The number of amidine groups is 1. The van der Waals surface area contributed by atoms with Gasteiger partial charge in [-0.2, -0.15) is 0 Å². The molecular weight excluding hydrogens is 396 g/mol. The van der Waals surface area contributed by atoms with Gasteiger partial charge in [-0.3, -0.25) is 9.98 Å². The summed E-state index contributed by atoms with van der Waals surface area (Å²) in [6, 6.07) is 13.4. The quantitative estimate of drug-likeness (QED) is 0.726. The first kappa shape index (κ1) is 19.7. The molecule has 0 saturated carbocycles. The first-order valence-electron chi connectivity index (χ1n) is 10.7. The zero-order valence-corrected chi connectivity index (χ0v) is 18.3. The number of benzene rings is 1. The van der Waals surface area contributed by atoms with Crippen molar-refractivity contribution in [1.82, 2.24) is 9.88 Å². The first-order chi connectivity index (χ1) is 14.8. The number of anilines is 1. The lowest BCUT2D eigenvalue weighted by Crippen LogP contribution is -2.37. The Kier molecular flexibility index (Phi) is 5.56. The van der Waals surface area contributed by atoms with Crippen LogP contribution in [0.4, 0.5) is 5.69 Å². The van der Waals surface area contributed by atoms with Crippen LogP contribution in [-0.2, 0) is 4.74 Å². The van der Waals surface area contributed by atoms with E-state index in [1.165, 1.54) is 5.56 Å². The van der Waals surface area contributed by atoms with E-state index in [9.17, 15) is 0 Å². The third-order valence-electron chi connectivity index (χ3n) is 6.23. The van der Waals surface area contributed by atoms with Gasteiger partial charge >= 0.3 is 0 Å². The number of fused-ring (bicyclic) bond motifs is 1. The summed E-state index contributed by atoms with van der Waals surface area (Å²) in [5.41, 5.74) is 3.40. The van der Waals surface area contributed by atoms with Crippen molar-refractivity contribution < 1.29 is 9.47 Å². The molecule has 5 rings (SSSR count). The number of thioether (sulfide) groups is 1. The minimum absolute atomic E-state index is 0.00185. The number of aromatic nitrogens is 1. The Balaban J connectivity index is 1.54. The van der Waals surface area contributed by atoms with E-state index in [0.717, 1.165) is 60.8 Å². The van der Waals surface area contributed by atoms with Gasteiger partial charge in [-0.15, -0.1) is 0 Å². The lowest BCUT2D eigenvalue weighted by atomic mass is 9.94. The molecule has 3 aliphatic rings. The molecule has 0 aliphatic carbocycles. The fourth-order valence-corrected chi connectivity index (χ4v) is 5.99. The van der Waals surface area contributed by atoms with Crippen molar-refractivity contribution in [2.24, 2.45) is 4.99 Å². The summed E-state index contributed by atoms with van der Waals surface area (Å²) in [6.45, 7) is 5.57. The molecule has 4 heterocycles. The topological polar surface area (TPSA) is 50.2 Å². The molecule has 2 saturated heterocycles. The molecule has 30 heavy (non-hydrogen) atoms. The number of morpholine rings is 1. The molecule has 2 fully saturated rings. The fourth-order valence-electron chi connectivity index (χ4n) is 4.65. The van der Waals surface area contributed by atoms with E-state index < -0.39 is 0 Å². The highest BCUT2D eigenvalue weighted by Gasteiger charge is 2.45. The van der Waals surface area contributed by atoms with Crippen LogP contribution in [0.1, 0.15) is 36.7 Å². The SMILES string of the molecule is CC[C@H]1CSC2=N[C@H](c3ccccn3)[C@@H](c3ccc(N4CCOCC4)c(OC)c3)N21. The molecule has 0 N–H and O–H groups in total. The Morgan fingerprint density at radius 1 is 1.20 bits per heavy atom. The number of nitrogens with zero attached hydrogens (tertiary/aromatic N) is 4. The number of hydrogen-bond acceptors (Lipinski definition) is 7. The van der Waals surface area contributed by atoms with Gasteiger partial charge in [0, 0.05) is 31.1 Å². The Morgan fingerprint density at radius 3 is 2.80 bits per heavy atom. The molecule has 3 atom stereocenters. The van der Waals surface area contributed by atoms with E-state index in [-0.39, 0.29) is 12.1 Å². The van der Waals surface area contributed by atoms with Gasteiger partial charge in [0.15, 0.2) is 5.17 Å². The van der Waals surface area contributed by atoms with E-state index in [4.69, 9.17) is 14.5 Å². The van der Waals surface area contributed by atoms with Crippen LogP contribution in [0.15, 0.2) is 47.6 Å². The normalized spacial score (nSPS) is 25.9. The average Bonchev–Trinajstić information content (AvgIpc) is 3.39. The van der Waals surface area contributed by atoms with Crippen molar-refractivity contribution in [3.63, 3.8) is 0 Å². The number of methoxy groups -OCH3 is 1. The van der Waals surface area contributed by atoms with E-state index in [0.29, 0.717) is 6.04 Å². The van der Waals surface area contributed by atoms with Crippen LogP contribution in [0, 0.1) is 0 Å². The molecule has 158 valence electrons. The van der Waals surface area contributed by atoms with Gasteiger partial charge < -0.3 is 19.3 Å². The predicted octanol–water partition coefficient (Wildman–Crippen LogP) is 3.91. The Bertz CT molecular complexity index is 917. The summed E-state index contributed by atoms with van der Waals surface area (Å²) in [5.74, 6) is 2.02. The molecule has 1 aromatic heterocycles. The summed E-state index contributed by atoms with van der Waals surface area (Å²) in [7, 11) is 1.76. The molecule has 0 amide bonds. The Hall–Kier alpha value is -2.25. The third-order valence-corrected chi connectivity index (χ3v) is 7.35. The maximum absolute atomic E-state index is 5.85. The van der Waals surface area contributed by atoms with Gasteiger partial charge in [0.2, 0.25) is 0 Å². The number of aliphatic imine (C=N–C) groups is 1. The van der Waals surface area contributed by atoms with E-state index in [2.05, 4.69) is 52.0 Å². The van der Waals surface area contributed by atoms with Crippen molar-refractivity contribution in [1.29, 1.82) is 0 Å². The first-order valence-corrected chi connectivity index (χ1v) is 11.7. The molecule has 0 unspecified atom stereocenters. The summed E-state index contributed by atoms with van der Waals surface area (Å²) in [5, 5.41) is 1.15. The summed E-state index contributed by atoms with van der Waals surface area (Å²) in [4.78, 5) is 14.6. The predicted molar refractivity (Wildman–Crippen MR) is 122 cm³/mol. The largest absolute Gasteiger partial charge is 0.495 e. The third kappa shape index (κ3) is 3.44. The lowest BCUT2D eigenvalue weighted by Gasteiger charge is -2.33. The highest BCUT2D eigenvalue weighted by atomic mass is 32.2. The van der Waals surface area contributed by atoms with Crippen LogP contribution >= 0.6 is 11.8 Å². The maximum Gasteiger partial charge on any atom is 0.160 e. The molecule has 0 spiro atoms. The van der Waals surface area contributed by atoms with Crippen molar-refractivity contribution in [3.05, 3.63) is 53.9 Å². The minimum Gasteiger partial charge on any atom is -0.495 e. The van der Waals surface area contributed by atoms with Crippen LogP contribution in [0.3, 0.4) is 0 Å². The van der Waals surface area contributed by atoms with E-state index >= 15 is 0 Å². The van der Waals surface area contributed by atoms with Gasteiger partial charge in [0.1, 0.15) is 11.8 Å². The highest BCUT2D eigenvalue weighted by molar-refractivity contribution is 8.14. The molecular formula is C23H28N4O2S. The van der Waals surface area contributed by atoms with E-state index in [1.54, 1.807) is 7.11 Å². The Morgan fingerprint density at radius 2 is 2.07 bits per heavy atom. The van der Waals surface area contributed by atoms with E-state index in [1.807, 2.05) is 24.0 Å². The number of pyridine rings is 1. The zero-order valence-electron chi connectivity index (χ0n) is 17.5. The molecule has 3 aliphatic heterocycles. The number of hydrogen-bond donors (Lipinski definition) is 0. The summed E-state index contributed by atoms with van der Waals surface area (Å²) >= 11 is 1.87. The van der Waals surface area contributed by atoms with Crippen LogP contribution in [-0.4, -0.2) is 60.3 Å². The molecule has 7 heteroatoms. The smallest absolute Gasteiger partial charge is 0.160 e. The highest BCUT2D eigenvalue weighted by Crippen LogP contribution is 2.49. The standard InChI is InChI=1S/C23H28N4O2S/c1-3-17-15-30-23-25-21(18-6-4-5-9-24-18)22(27(17)23)16-7-8-19(20(14-16)28-2)26-10-12-29-13-11-26/h4-9,14,17,21-22H,3,10-13,15H2,1-2H3/t17-,21+,22+/m0/s1. The molecule has 0 radical (unpaired) electrons. The second-order valence-corrected chi connectivity index (χ2v) is 8.85. The molecule has 6 nitrogen and oxygen atoms in total. The van der Waals surface area contributed by atoms with Gasteiger partial charge in [-0.1, -0.05) is 30.8 Å². The van der Waals surface area contributed by atoms with Crippen molar-refractivity contribution in [2.75, 3.05) is 44.1 Å². The van der Waals surface area contributed by atoms with Crippen LogP contribution in [0.2, 0.25) is 0 Å². The van der Waals surface area contributed by atoms with Gasteiger partial charge in [-0.05, 0) is 36.2 Å². The summed E-state index contributed by atoms with van der Waals surface area (Å²) in [6.07, 6.45) is 2.98. The Labute approximate surface area is 182 Å². The maximum atomic E-state index is 5.85. The molecule has 1 aromatic carbocycles.